The maximum Gasteiger partial charge on any atom is 0.338 e. The fraction of sp³-hybridized carbons (Fsp3) is 0.300. The van der Waals surface area contributed by atoms with Crippen molar-refractivity contribution in [3.05, 3.63) is 63.7 Å². The molecule has 0 fully saturated rings. The van der Waals surface area contributed by atoms with Crippen LogP contribution in [0.3, 0.4) is 0 Å². The van der Waals surface area contributed by atoms with Gasteiger partial charge in [-0.25, -0.2) is 13.2 Å². The Morgan fingerprint density at radius 3 is 2.33 bits per heavy atom. The summed E-state index contributed by atoms with van der Waals surface area (Å²) in [5, 5.41) is 13.7. The molecule has 0 aliphatic rings. The molecule has 0 spiro atoms. The van der Waals surface area contributed by atoms with Gasteiger partial charge in [-0.1, -0.05) is 26.0 Å². The smallest absolute Gasteiger partial charge is 0.338 e. The zero-order chi connectivity index (χ0) is 22.5. The Bertz CT molecular complexity index is 1060. The van der Waals surface area contributed by atoms with Gasteiger partial charge in [-0.3, -0.25) is 14.9 Å². The van der Waals surface area contributed by atoms with E-state index in [-0.39, 0.29) is 5.56 Å². The number of carbonyl (C=O) groups excluding carboxylic acids is 2. The second-order valence-electron chi connectivity index (χ2n) is 6.77. The van der Waals surface area contributed by atoms with Crippen LogP contribution >= 0.6 is 0 Å². The Labute approximate surface area is 174 Å². The van der Waals surface area contributed by atoms with Gasteiger partial charge in [0.1, 0.15) is 4.90 Å². The molecule has 2 aromatic rings. The lowest BCUT2D eigenvalue weighted by Crippen LogP contribution is -2.21. The Hall–Kier alpha value is -3.27. The SMILES string of the molecule is CC[C@H](C)c1ccc(NC(=O)COC(=O)c2ccc(S(C)(=O)=O)c([N+](=O)[O-])c2)cc1. The monoisotopic (exact) mass is 434 g/mol. The third-order valence-electron chi connectivity index (χ3n) is 4.50. The molecule has 2 rings (SSSR count). The molecule has 0 unspecified atom stereocenters. The molecule has 1 amide bonds. The van der Waals surface area contributed by atoms with E-state index >= 15 is 0 Å². The summed E-state index contributed by atoms with van der Waals surface area (Å²) in [6.07, 6.45) is 1.82. The van der Waals surface area contributed by atoms with Gasteiger partial charge in [0.2, 0.25) is 0 Å². The van der Waals surface area contributed by atoms with Crippen molar-refractivity contribution in [3.63, 3.8) is 0 Å². The van der Waals surface area contributed by atoms with Crippen molar-refractivity contribution in [2.24, 2.45) is 0 Å². The summed E-state index contributed by atoms with van der Waals surface area (Å²) in [7, 11) is -3.85. The first kappa shape index (κ1) is 23.0. The number of anilines is 1. The van der Waals surface area contributed by atoms with E-state index in [0.717, 1.165) is 36.4 Å². The Morgan fingerprint density at radius 2 is 1.80 bits per heavy atom. The molecule has 0 heterocycles. The Balaban J connectivity index is 2.02. The second-order valence-corrected chi connectivity index (χ2v) is 8.75. The van der Waals surface area contributed by atoms with Crippen molar-refractivity contribution in [2.75, 3.05) is 18.2 Å². The number of hydrogen-bond donors (Lipinski definition) is 1. The van der Waals surface area contributed by atoms with Crippen LogP contribution in [0.25, 0.3) is 0 Å². The summed E-state index contributed by atoms with van der Waals surface area (Å²) in [4.78, 5) is 33.8. The fourth-order valence-electron chi connectivity index (χ4n) is 2.64. The number of carbonyl (C=O) groups is 2. The number of benzene rings is 2. The van der Waals surface area contributed by atoms with Crippen LogP contribution in [0.2, 0.25) is 0 Å². The van der Waals surface area contributed by atoms with E-state index in [1.165, 1.54) is 0 Å². The molecule has 2 aromatic carbocycles. The molecule has 0 saturated carbocycles. The summed E-state index contributed by atoms with van der Waals surface area (Å²) in [6.45, 7) is 3.57. The van der Waals surface area contributed by atoms with Gasteiger partial charge in [-0.15, -0.1) is 0 Å². The standard InChI is InChI=1S/C20H22N2O7S/c1-4-13(2)14-5-8-16(9-6-14)21-19(23)12-29-20(24)15-7-10-18(30(3,27)28)17(11-15)22(25)26/h5-11,13H,4,12H2,1-3H3,(H,21,23)/t13-/m0/s1. The van der Waals surface area contributed by atoms with Crippen molar-refractivity contribution in [2.45, 2.75) is 31.1 Å². The van der Waals surface area contributed by atoms with E-state index in [2.05, 4.69) is 19.2 Å². The normalized spacial score (nSPS) is 12.1. The highest BCUT2D eigenvalue weighted by atomic mass is 32.2. The van der Waals surface area contributed by atoms with Gasteiger partial charge in [0.25, 0.3) is 11.6 Å². The van der Waals surface area contributed by atoms with E-state index in [1.54, 1.807) is 12.1 Å². The molecule has 0 saturated heterocycles. The lowest BCUT2D eigenvalue weighted by atomic mass is 9.99. The van der Waals surface area contributed by atoms with Gasteiger partial charge in [-0.2, -0.15) is 0 Å². The number of amides is 1. The van der Waals surface area contributed by atoms with Crippen LogP contribution in [0.4, 0.5) is 11.4 Å². The average molecular weight is 434 g/mol. The first-order valence-electron chi connectivity index (χ1n) is 9.08. The minimum absolute atomic E-state index is 0.236. The molecule has 10 heteroatoms. The van der Waals surface area contributed by atoms with Gasteiger partial charge in [0, 0.05) is 18.0 Å². The Morgan fingerprint density at radius 1 is 1.17 bits per heavy atom. The Kier molecular flexibility index (Phi) is 7.28. The summed E-state index contributed by atoms with van der Waals surface area (Å²) in [5.41, 5.74) is 0.704. The number of nitro benzene ring substituents is 1. The van der Waals surface area contributed by atoms with Gasteiger partial charge in [-0.05, 0) is 42.2 Å². The van der Waals surface area contributed by atoms with Crippen molar-refractivity contribution < 1.29 is 27.7 Å². The van der Waals surface area contributed by atoms with Crippen molar-refractivity contribution in [1.82, 2.24) is 0 Å². The van der Waals surface area contributed by atoms with Crippen molar-refractivity contribution in [1.29, 1.82) is 0 Å². The number of esters is 1. The number of hydrogen-bond acceptors (Lipinski definition) is 7. The zero-order valence-corrected chi connectivity index (χ0v) is 17.6. The molecule has 9 nitrogen and oxygen atoms in total. The molecule has 1 N–H and O–H groups in total. The first-order valence-corrected chi connectivity index (χ1v) is 11.0. The third-order valence-corrected chi connectivity index (χ3v) is 5.65. The van der Waals surface area contributed by atoms with Crippen LogP contribution in [0.15, 0.2) is 47.4 Å². The molecule has 1 atom stereocenters. The molecular weight excluding hydrogens is 412 g/mol. The highest BCUT2D eigenvalue weighted by Crippen LogP contribution is 2.25. The van der Waals surface area contributed by atoms with Gasteiger partial charge in [0.15, 0.2) is 16.4 Å². The summed E-state index contributed by atoms with van der Waals surface area (Å²) >= 11 is 0. The maximum absolute atomic E-state index is 12.1. The van der Waals surface area contributed by atoms with Crippen LogP contribution in [0, 0.1) is 10.1 Å². The number of nitro groups is 1. The number of nitrogens with zero attached hydrogens (tertiary/aromatic N) is 1. The lowest BCUT2D eigenvalue weighted by Gasteiger charge is -2.11. The third kappa shape index (κ3) is 5.86. The molecular formula is C20H22N2O7S. The molecule has 0 aliphatic heterocycles. The van der Waals surface area contributed by atoms with Crippen LogP contribution in [-0.4, -0.2) is 38.1 Å². The molecule has 0 aliphatic carbocycles. The lowest BCUT2D eigenvalue weighted by molar-refractivity contribution is -0.387. The summed E-state index contributed by atoms with van der Waals surface area (Å²) in [6, 6.07) is 10.2. The van der Waals surface area contributed by atoms with E-state index < -0.39 is 43.8 Å². The summed E-state index contributed by atoms with van der Waals surface area (Å²) < 4.78 is 28.1. The maximum atomic E-state index is 12.1. The van der Waals surface area contributed by atoms with Gasteiger partial charge >= 0.3 is 5.97 Å². The number of ether oxygens (including phenoxy) is 1. The van der Waals surface area contributed by atoms with Crippen LogP contribution in [0.5, 0.6) is 0 Å². The number of nitrogens with one attached hydrogen (secondary N) is 1. The molecule has 0 aromatic heterocycles. The highest BCUT2D eigenvalue weighted by molar-refractivity contribution is 7.90. The van der Waals surface area contributed by atoms with E-state index in [1.807, 2.05) is 12.1 Å². The number of rotatable bonds is 8. The van der Waals surface area contributed by atoms with Crippen molar-refractivity contribution in [3.8, 4) is 0 Å². The quantitative estimate of drug-likeness (QED) is 0.383. The van der Waals surface area contributed by atoms with Crippen LogP contribution < -0.4 is 5.32 Å². The molecule has 0 radical (unpaired) electrons. The van der Waals surface area contributed by atoms with E-state index in [4.69, 9.17) is 4.74 Å². The van der Waals surface area contributed by atoms with E-state index in [0.29, 0.717) is 11.6 Å². The van der Waals surface area contributed by atoms with Gasteiger partial charge < -0.3 is 10.1 Å². The predicted octanol–water partition coefficient (Wildman–Crippen LogP) is 3.31. The van der Waals surface area contributed by atoms with Crippen molar-refractivity contribution >= 4 is 33.1 Å². The largest absolute Gasteiger partial charge is 0.452 e. The number of sulfone groups is 1. The highest BCUT2D eigenvalue weighted by Gasteiger charge is 2.24. The fourth-order valence-corrected chi connectivity index (χ4v) is 3.47. The minimum Gasteiger partial charge on any atom is -0.452 e. The summed E-state index contributed by atoms with van der Waals surface area (Å²) in [5.74, 6) is -1.17. The molecule has 30 heavy (non-hydrogen) atoms. The predicted molar refractivity (Wildman–Crippen MR) is 110 cm³/mol. The van der Waals surface area contributed by atoms with E-state index in [9.17, 15) is 28.1 Å². The molecule has 160 valence electrons. The average Bonchev–Trinajstić information content (AvgIpc) is 2.70. The minimum atomic E-state index is -3.85. The topological polar surface area (TPSA) is 133 Å². The zero-order valence-electron chi connectivity index (χ0n) is 16.7. The second kappa shape index (κ2) is 9.49. The molecule has 0 bridgehead atoms. The van der Waals surface area contributed by atoms with Gasteiger partial charge in [0.05, 0.1) is 10.5 Å². The van der Waals surface area contributed by atoms with Crippen LogP contribution in [-0.2, 0) is 19.4 Å². The van der Waals surface area contributed by atoms with Crippen LogP contribution in [0.1, 0.15) is 42.1 Å². The first-order chi connectivity index (χ1) is 14.0.